The average molecular weight is 289 g/mol. The Kier molecular flexibility index (Phi) is 5.16. The topological polar surface area (TPSA) is 61.7 Å². The number of amides is 1. The van der Waals surface area contributed by atoms with E-state index in [4.69, 9.17) is 0 Å². The van der Waals surface area contributed by atoms with Crippen LogP contribution in [0, 0.1) is 0 Å². The maximum atomic E-state index is 11.6. The van der Waals surface area contributed by atoms with Gasteiger partial charge in [-0.2, -0.15) is 0 Å². The second-order valence-corrected chi connectivity index (χ2v) is 5.02. The molecule has 0 unspecified atom stereocenters. The van der Waals surface area contributed by atoms with Crippen LogP contribution in [-0.2, 0) is 11.3 Å². The number of rotatable bonds is 7. The molecule has 0 atom stereocenters. The van der Waals surface area contributed by atoms with E-state index in [1.807, 2.05) is 36.3 Å². The highest BCUT2D eigenvalue weighted by atomic mass is 16.1. The molecular formula is C15H23N5O. The number of fused-ring (bicyclic) bond motifs is 1. The first-order valence-electron chi connectivity index (χ1n) is 7.25. The Labute approximate surface area is 125 Å². The number of nitrogens with zero attached hydrogens (tertiary/aromatic N) is 3. The molecule has 1 amide bonds. The van der Waals surface area contributed by atoms with Crippen LogP contribution in [0.15, 0.2) is 24.4 Å². The summed E-state index contributed by atoms with van der Waals surface area (Å²) in [5.41, 5.74) is 1.97. The molecule has 114 valence electrons. The van der Waals surface area contributed by atoms with Crippen molar-refractivity contribution in [2.75, 3.05) is 32.1 Å². The quantitative estimate of drug-likeness (QED) is 0.747. The van der Waals surface area contributed by atoms with Gasteiger partial charge in [-0.05, 0) is 25.1 Å². The fraction of sp³-hybridized carbons (Fsp3) is 0.467. The molecule has 0 aromatic carbocycles. The van der Waals surface area contributed by atoms with Crippen LogP contribution in [0.25, 0.3) is 5.65 Å². The molecule has 0 bridgehead atoms. The lowest BCUT2D eigenvalue weighted by molar-refractivity contribution is -0.119. The number of pyridine rings is 1. The number of likely N-dealkylation sites (N-methyl/N-ethyl adjacent to an activating group) is 2. The van der Waals surface area contributed by atoms with E-state index in [0.29, 0.717) is 6.54 Å². The molecule has 0 fully saturated rings. The van der Waals surface area contributed by atoms with Gasteiger partial charge >= 0.3 is 0 Å². The largest absolute Gasteiger partial charge is 0.358 e. The van der Waals surface area contributed by atoms with Gasteiger partial charge in [0.2, 0.25) is 5.91 Å². The van der Waals surface area contributed by atoms with Crippen molar-refractivity contribution in [1.82, 2.24) is 20.0 Å². The van der Waals surface area contributed by atoms with Crippen molar-refractivity contribution in [3.8, 4) is 0 Å². The van der Waals surface area contributed by atoms with Crippen molar-refractivity contribution >= 4 is 17.4 Å². The highest BCUT2D eigenvalue weighted by Crippen LogP contribution is 2.20. The number of carbonyl (C=O) groups excluding carboxylic acids is 1. The van der Waals surface area contributed by atoms with Gasteiger partial charge in [0.05, 0.1) is 12.2 Å². The first-order valence-corrected chi connectivity index (χ1v) is 7.25. The van der Waals surface area contributed by atoms with Crippen LogP contribution in [0.2, 0.25) is 0 Å². The fourth-order valence-corrected chi connectivity index (χ4v) is 2.26. The zero-order chi connectivity index (χ0) is 15.2. The molecule has 2 rings (SSSR count). The second kappa shape index (κ2) is 7.08. The predicted molar refractivity (Wildman–Crippen MR) is 84.5 cm³/mol. The summed E-state index contributed by atoms with van der Waals surface area (Å²) in [6.07, 6.45) is 3.09. The molecule has 21 heavy (non-hydrogen) atoms. The van der Waals surface area contributed by atoms with E-state index in [1.54, 1.807) is 7.05 Å². The van der Waals surface area contributed by atoms with Crippen LogP contribution in [0.1, 0.15) is 19.0 Å². The number of hydrogen-bond acceptors (Lipinski definition) is 4. The molecule has 0 radical (unpaired) electrons. The summed E-state index contributed by atoms with van der Waals surface area (Å²) in [4.78, 5) is 18.1. The molecule has 0 aliphatic rings. The van der Waals surface area contributed by atoms with Crippen molar-refractivity contribution in [2.45, 2.75) is 19.9 Å². The molecule has 0 aliphatic carbocycles. The minimum Gasteiger partial charge on any atom is -0.358 e. The zero-order valence-corrected chi connectivity index (χ0v) is 12.9. The summed E-state index contributed by atoms with van der Waals surface area (Å²) in [6.45, 7) is 4.12. The highest BCUT2D eigenvalue weighted by molar-refractivity contribution is 5.81. The van der Waals surface area contributed by atoms with Crippen LogP contribution in [0.5, 0.6) is 0 Å². The van der Waals surface area contributed by atoms with Crippen molar-refractivity contribution in [2.24, 2.45) is 0 Å². The van der Waals surface area contributed by atoms with Gasteiger partial charge in [0.15, 0.2) is 5.82 Å². The monoisotopic (exact) mass is 289 g/mol. The molecule has 0 aliphatic heterocycles. The Morgan fingerprint density at radius 3 is 2.95 bits per heavy atom. The van der Waals surface area contributed by atoms with Gasteiger partial charge in [-0.15, -0.1) is 0 Å². The normalized spacial score (nSPS) is 10.8. The Hall–Kier alpha value is -2.08. The molecule has 2 heterocycles. The third-order valence-corrected chi connectivity index (χ3v) is 3.35. The third kappa shape index (κ3) is 3.52. The zero-order valence-electron chi connectivity index (χ0n) is 12.9. The summed E-state index contributed by atoms with van der Waals surface area (Å²) in [5, 5.41) is 6.04. The maximum Gasteiger partial charge on any atom is 0.239 e. The lowest BCUT2D eigenvalue weighted by atomic mass is 10.3. The summed E-state index contributed by atoms with van der Waals surface area (Å²) in [7, 11) is 3.53. The van der Waals surface area contributed by atoms with Gasteiger partial charge < -0.3 is 19.9 Å². The molecule has 2 aromatic rings. The number of nitrogens with one attached hydrogen (secondary N) is 2. The highest BCUT2D eigenvalue weighted by Gasteiger charge is 2.16. The van der Waals surface area contributed by atoms with E-state index in [2.05, 4.69) is 26.9 Å². The van der Waals surface area contributed by atoms with E-state index in [-0.39, 0.29) is 5.91 Å². The van der Waals surface area contributed by atoms with E-state index in [0.717, 1.165) is 36.7 Å². The van der Waals surface area contributed by atoms with Gasteiger partial charge in [0, 0.05) is 26.8 Å². The average Bonchev–Trinajstić information content (AvgIpc) is 2.86. The number of imidazole rings is 1. The predicted octanol–water partition coefficient (Wildman–Crippen LogP) is 1.02. The van der Waals surface area contributed by atoms with Gasteiger partial charge in [-0.3, -0.25) is 4.79 Å². The summed E-state index contributed by atoms with van der Waals surface area (Å²) >= 11 is 0. The first kappa shape index (κ1) is 15.3. The lowest BCUT2D eigenvalue weighted by Gasteiger charge is -2.17. The summed E-state index contributed by atoms with van der Waals surface area (Å²) in [5.74, 6) is 0.815. The van der Waals surface area contributed by atoms with Crippen molar-refractivity contribution < 1.29 is 4.79 Å². The van der Waals surface area contributed by atoms with Crippen molar-refractivity contribution in [1.29, 1.82) is 0 Å². The van der Waals surface area contributed by atoms with Crippen molar-refractivity contribution in [3.05, 3.63) is 30.1 Å². The number of hydrogen-bond donors (Lipinski definition) is 2. The molecule has 0 spiro atoms. The first-order chi connectivity index (χ1) is 10.2. The molecule has 6 nitrogen and oxygen atoms in total. The number of anilines is 1. The SMILES string of the molecule is CCCNCc1c(N(C)CC(=O)NC)nc2ccccn12. The fourth-order valence-electron chi connectivity index (χ4n) is 2.26. The number of aromatic nitrogens is 2. The van der Waals surface area contributed by atoms with E-state index >= 15 is 0 Å². The Morgan fingerprint density at radius 2 is 2.24 bits per heavy atom. The molecule has 2 N–H and O–H groups in total. The van der Waals surface area contributed by atoms with Gasteiger partial charge in [-0.1, -0.05) is 13.0 Å². The summed E-state index contributed by atoms with van der Waals surface area (Å²) < 4.78 is 2.07. The Morgan fingerprint density at radius 1 is 1.43 bits per heavy atom. The Bertz CT molecular complexity index is 607. The smallest absolute Gasteiger partial charge is 0.239 e. The van der Waals surface area contributed by atoms with Gasteiger partial charge in [0.25, 0.3) is 0 Å². The molecule has 0 saturated carbocycles. The second-order valence-electron chi connectivity index (χ2n) is 5.02. The van der Waals surface area contributed by atoms with Crippen LogP contribution >= 0.6 is 0 Å². The van der Waals surface area contributed by atoms with Crippen molar-refractivity contribution in [3.63, 3.8) is 0 Å². The Balaban J connectivity index is 2.31. The van der Waals surface area contributed by atoms with E-state index in [1.165, 1.54) is 0 Å². The standard InChI is InChI=1S/C15H23N5O/c1-4-8-17-10-12-15(19(3)11-14(21)16-2)18-13-7-5-6-9-20(12)13/h5-7,9,17H,4,8,10-11H2,1-3H3,(H,16,21). The summed E-state index contributed by atoms with van der Waals surface area (Å²) in [6, 6.07) is 5.93. The van der Waals surface area contributed by atoms with Crippen LogP contribution in [0.4, 0.5) is 5.82 Å². The molecular weight excluding hydrogens is 266 g/mol. The minimum atomic E-state index is -0.0259. The lowest BCUT2D eigenvalue weighted by Crippen LogP contribution is -2.34. The van der Waals surface area contributed by atoms with E-state index < -0.39 is 0 Å². The molecule has 0 saturated heterocycles. The van der Waals surface area contributed by atoms with E-state index in [9.17, 15) is 4.79 Å². The maximum absolute atomic E-state index is 11.6. The number of carbonyl (C=O) groups is 1. The minimum absolute atomic E-state index is 0.0259. The van der Waals surface area contributed by atoms with Crippen LogP contribution < -0.4 is 15.5 Å². The van der Waals surface area contributed by atoms with Gasteiger partial charge in [-0.25, -0.2) is 4.98 Å². The molecule has 6 heteroatoms. The van der Waals surface area contributed by atoms with Crippen LogP contribution in [-0.4, -0.2) is 42.5 Å². The third-order valence-electron chi connectivity index (χ3n) is 3.35. The van der Waals surface area contributed by atoms with Crippen LogP contribution in [0.3, 0.4) is 0 Å². The van der Waals surface area contributed by atoms with Gasteiger partial charge in [0.1, 0.15) is 5.65 Å². The molecule has 2 aromatic heterocycles.